The fraction of sp³-hybridized carbons (Fsp3) is 0.643. The Morgan fingerprint density at radius 3 is 2.45 bits per heavy atom. The molecular formula is C14H21NO5. The number of nitrogens with zero attached hydrogens (tertiary/aromatic N) is 1. The lowest BCUT2D eigenvalue weighted by atomic mass is 9.97. The first-order chi connectivity index (χ1) is 9.38. The molecule has 1 amide bonds. The SMILES string of the molecule is CCOC(=O)C1CCCN(C(=O)/C(C)=C(/C)C(=O)O)C1. The van der Waals surface area contributed by atoms with E-state index in [0.717, 1.165) is 0 Å². The highest BCUT2D eigenvalue weighted by atomic mass is 16.5. The van der Waals surface area contributed by atoms with Crippen LogP contribution in [0.25, 0.3) is 0 Å². The number of amides is 1. The summed E-state index contributed by atoms with van der Waals surface area (Å²) in [6.07, 6.45) is 1.41. The highest BCUT2D eigenvalue weighted by Gasteiger charge is 2.30. The van der Waals surface area contributed by atoms with Gasteiger partial charge in [0.05, 0.1) is 12.5 Å². The zero-order chi connectivity index (χ0) is 15.3. The molecule has 0 aromatic rings. The fourth-order valence-electron chi connectivity index (χ4n) is 2.17. The van der Waals surface area contributed by atoms with E-state index < -0.39 is 5.97 Å². The molecule has 0 aliphatic carbocycles. The molecule has 1 fully saturated rings. The Labute approximate surface area is 118 Å². The van der Waals surface area contributed by atoms with Crippen LogP contribution in [0, 0.1) is 5.92 Å². The van der Waals surface area contributed by atoms with E-state index in [1.54, 1.807) is 6.92 Å². The van der Waals surface area contributed by atoms with Crippen LogP contribution in [0.3, 0.4) is 0 Å². The molecule has 1 atom stereocenters. The quantitative estimate of drug-likeness (QED) is 0.619. The van der Waals surface area contributed by atoms with E-state index in [0.29, 0.717) is 32.5 Å². The van der Waals surface area contributed by atoms with Gasteiger partial charge in [-0.05, 0) is 33.6 Å². The van der Waals surface area contributed by atoms with Crippen LogP contribution in [0.2, 0.25) is 0 Å². The highest BCUT2D eigenvalue weighted by Crippen LogP contribution is 2.20. The highest BCUT2D eigenvalue weighted by molar-refractivity contribution is 6.01. The first-order valence-electron chi connectivity index (χ1n) is 6.75. The molecule has 0 bridgehead atoms. The molecule has 1 heterocycles. The second-order valence-electron chi connectivity index (χ2n) is 4.90. The van der Waals surface area contributed by atoms with Crippen molar-refractivity contribution >= 4 is 17.8 Å². The number of ether oxygens (including phenoxy) is 1. The molecule has 1 aliphatic rings. The lowest BCUT2D eigenvalue weighted by Crippen LogP contribution is -2.43. The van der Waals surface area contributed by atoms with E-state index in [2.05, 4.69) is 0 Å². The molecule has 1 aliphatic heterocycles. The van der Waals surface area contributed by atoms with Crippen LogP contribution in [0.1, 0.15) is 33.6 Å². The van der Waals surface area contributed by atoms with Crippen molar-refractivity contribution in [2.45, 2.75) is 33.6 Å². The molecule has 0 saturated carbocycles. The fourth-order valence-corrected chi connectivity index (χ4v) is 2.17. The molecule has 1 saturated heterocycles. The van der Waals surface area contributed by atoms with Crippen LogP contribution < -0.4 is 0 Å². The number of carbonyl (C=O) groups is 3. The van der Waals surface area contributed by atoms with Crippen molar-refractivity contribution < 1.29 is 24.2 Å². The predicted octanol–water partition coefficient (Wildman–Crippen LogP) is 1.21. The normalized spacial score (nSPS) is 20.1. The van der Waals surface area contributed by atoms with Gasteiger partial charge in [0.25, 0.3) is 0 Å². The van der Waals surface area contributed by atoms with Gasteiger partial charge in [-0.3, -0.25) is 9.59 Å². The van der Waals surface area contributed by atoms with Crippen LogP contribution in [0.15, 0.2) is 11.1 Å². The number of carboxylic acid groups (broad SMARTS) is 1. The van der Waals surface area contributed by atoms with Crippen molar-refractivity contribution in [2.75, 3.05) is 19.7 Å². The Bertz CT molecular complexity index is 441. The van der Waals surface area contributed by atoms with Crippen LogP contribution in [-0.2, 0) is 19.1 Å². The maximum Gasteiger partial charge on any atom is 0.331 e. The second-order valence-corrected chi connectivity index (χ2v) is 4.90. The zero-order valence-electron chi connectivity index (χ0n) is 12.1. The lowest BCUT2D eigenvalue weighted by Gasteiger charge is -2.32. The third kappa shape index (κ3) is 3.82. The number of hydrogen-bond acceptors (Lipinski definition) is 4. The van der Waals surface area contributed by atoms with Gasteiger partial charge in [-0.2, -0.15) is 0 Å². The van der Waals surface area contributed by atoms with Crippen LogP contribution in [-0.4, -0.2) is 47.5 Å². The first kappa shape index (κ1) is 16.2. The summed E-state index contributed by atoms with van der Waals surface area (Å²) in [6.45, 7) is 5.80. The monoisotopic (exact) mass is 283 g/mol. The summed E-state index contributed by atoms with van der Waals surface area (Å²) in [6, 6.07) is 0. The standard InChI is InChI=1S/C14H21NO5/c1-4-20-14(19)11-6-5-7-15(8-11)12(16)9(2)10(3)13(17)18/h11H,4-8H2,1-3H3,(H,17,18)/b10-9-. The van der Waals surface area contributed by atoms with Gasteiger partial charge >= 0.3 is 11.9 Å². The molecule has 1 N–H and O–H groups in total. The van der Waals surface area contributed by atoms with Gasteiger partial charge in [0.15, 0.2) is 0 Å². The van der Waals surface area contributed by atoms with E-state index in [4.69, 9.17) is 9.84 Å². The summed E-state index contributed by atoms with van der Waals surface area (Å²) in [5, 5.41) is 8.91. The number of carboxylic acids is 1. The molecule has 6 heteroatoms. The zero-order valence-corrected chi connectivity index (χ0v) is 12.1. The third-order valence-electron chi connectivity index (χ3n) is 3.53. The maximum atomic E-state index is 12.2. The number of aliphatic carboxylic acids is 1. The van der Waals surface area contributed by atoms with E-state index in [1.165, 1.54) is 18.7 Å². The number of rotatable bonds is 4. The molecule has 0 spiro atoms. The second kappa shape index (κ2) is 7.07. The van der Waals surface area contributed by atoms with Crippen LogP contribution >= 0.6 is 0 Å². The number of hydrogen-bond donors (Lipinski definition) is 1. The van der Waals surface area contributed by atoms with Crippen LogP contribution in [0.4, 0.5) is 0 Å². The molecule has 112 valence electrons. The Morgan fingerprint density at radius 2 is 1.90 bits per heavy atom. The van der Waals surface area contributed by atoms with E-state index in [9.17, 15) is 14.4 Å². The minimum atomic E-state index is -1.10. The van der Waals surface area contributed by atoms with Crippen molar-refractivity contribution in [1.82, 2.24) is 4.90 Å². The maximum absolute atomic E-state index is 12.2. The Kier molecular flexibility index (Phi) is 5.73. The first-order valence-corrected chi connectivity index (χ1v) is 6.75. The van der Waals surface area contributed by atoms with Gasteiger partial charge in [-0.15, -0.1) is 0 Å². The van der Waals surface area contributed by atoms with E-state index in [1.807, 2.05) is 0 Å². The molecule has 0 radical (unpaired) electrons. The van der Waals surface area contributed by atoms with Crippen molar-refractivity contribution in [2.24, 2.45) is 5.92 Å². The Hall–Kier alpha value is -1.85. The Morgan fingerprint density at radius 1 is 1.25 bits per heavy atom. The third-order valence-corrected chi connectivity index (χ3v) is 3.53. The molecule has 1 unspecified atom stereocenters. The van der Waals surface area contributed by atoms with Gasteiger partial charge < -0.3 is 14.7 Å². The minimum absolute atomic E-state index is 0.0354. The number of esters is 1. The van der Waals surface area contributed by atoms with Gasteiger partial charge in [-0.25, -0.2) is 4.79 Å². The molecule has 0 aromatic heterocycles. The molecule has 0 aromatic carbocycles. The van der Waals surface area contributed by atoms with E-state index in [-0.39, 0.29) is 28.9 Å². The number of likely N-dealkylation sites (tertiary alicyclic amines) is 1. The summed E-state index contributed by atoms with van der Waals surface area (Å²) < 4.78 is 4.97. The molecular weight excluding hydrogens is 262 g/mol. The summed E-state index contributed by atoms with van der Waals surface area (Å²) in [7, 11) is 0. The largest absolute Gasteiger partial charge is 0.478 e. The predicted molar refractivity (Wildman–Crippen MR) is 71.9 cm³/mol. The molecule has 1 rings (SSSR count). The van der Waals surface area contributed by atoms with Crippen molar-refractivity contribution in [3.63, 3.8) is 0 Å². The van der Waals surface area contributed by atoms with Crippen molar-refractivity contribution in [3.05, 3.63) is 11.1 Å². The van der Waals surface area contributed by atoms with Crippen molar-refractivity contribution in [1.29, 1.82) is 0 Å². The minimum Gasteiger partial charge on any atom is -0.478 e. The molecule has 20 heavy (non-hydrogen) atoms. The average molecular weight is 283 g/mol. The summed E-state index contributed by atoms with van der Waals surface area (Å²) in [5.74, 6) is -2.03. The van der Waals surface area contributed by atoms with Gasteiger partial charge in [0, 0.05) is 24.2 Å². The summed E-state index contributed by atoms with van der Waals surface area (Å²) in [5.41, 5.74) is 0.246. The summed E-state index contributed by atoms with van der Waals surface area (Å²) in [4.78, 5) is 36.4. The van der Waals surface area contributed by atoms with Crippen LogP contribution in [0.5, 0.6) is 0 Å². The van der Waals surface area contributed by atoms with Gasteiger partial charge in [-0.1, -0.05) is 0 Å². The van der Waals surface area contributed by atoms with E-state index >= 15 is 0 Å². The average Bonchev–Trinajstić information content (AvgIpc) is 2.45. The lowest BCUT2D eigenvalue weighted by molar-refractivity contribution is -0.151. The Balaban J connectivity index is 2.77. The van der Waals surface area contributed by atoms with Gasteiger partial charge in [0.2, 0.25) is 5.91 Å². The topological polar surface area (TPSA) is 83.9 Å². The van der Waals surface area contributed by atoms with Crippen molar-refractivity contribution in [3.8, 4) is 0 Å². The molecule has 6 nitrogen and oxygen atoms in total. The summed E-state index contributed by atoms with van der Waals surface area (Å²) >= 11 is 0. The smallest absolute Gasteiger partial charge is 0.331 e. The van der Waals surface area contributed by atoms with Gasteiger partial charge in [0.1, 0.15) is 0 Å². The number of piperidine rings is 1. The number of carbonyl (C=O) groups excluding carboxylic acids is 2.